The van der Waals surface area contributed by atoms with Crippen molar-refractivity contribution in [1.29, 1.82) is 0 Å². The number of hydrogen-bond donors (Lipinski definition) is 1. The van der Waals surface area contributed by atoms with E-state index >= 15 is 0 Å². The Bertz CT molecular complexity index is 392. The van der Waals surface area contributed by atoms with Crippen molar-refractivity contribution in [3.63, 3.8) is 0 Å². The van der Waals surface area contributed by atoms with Gasteiger partial charge in [-0.05, 0) is 48.6 Å². The molecule has 0 radical (unpaired) electrons. The second-order valence-corrected chi connectivity index (χ2v) is 5.28. The van der Waals surface area contributed by atoms with Crippen molar-refractivity contribution in [3.8, 4) is 0 Å². The molecule has 0 heterocycles. The smallest absolute Gasteiger partial charge is 0.0576 e. The van der Waals surface area contributed by atoms with Crippen LogP contribution in [0.15, 0.2) is 29.4 Å². The minimum Gasteiger partial charge on any atom is -0.411 e. The van der Waals surface area contributed by atoms with E-state index in [1.807, 2.05) is 0 Å². The fraction of sp³-hybridized carbons (Fsp3) is 0.533. The first-order valence-electron chi connectivity index (χ1n) is 6.50. The number of hydrogen-bond acceptors (Lipinski definition) is 2. The molecule has 1 atom stereocenters. The quantitative estimate of drug-likeness (QED) is 0.597. The fourth-order valence-electron chi connectivity index (χ4n) is 2.57. The lowest BCUT2D eigenvalue weighted by Crippen LogP contribution is -2.13. The first-order chi connectivity index (χ1) is 8.20. The molecule has 1 unspecified atom stereocenters. The number of benzene rings is 1. The maximum absolute atomic E-state index is 8.86. The maximum atomic E-state index is 8.86. The second kappa shape index (κ2) is 5.35. The lowest BCUT2D eigenvalue weighted by Gasteiger charge is -2.23. The number of nitrogens with zero attached hydrogens (tertiary/aromatic N) is 1. The summed E-state index contributed by atoms with van der Waals surface area (Å²) in [7, 11) is 0. The summed E-state index contributed by atoms with van der Waals surface area (Å²) in [4.78, 5) is 0. The van der Waals surface area contributed by atoms with Crippen molar-refractivity contribution in [1.82, 2.24) is 0 Å². The van der Waals surface area contributed by atoms with Crippen LogP contribution in [0.25, 0.3) is 0 Å². The van der Waals surface area contributed by atoms with Crippen molar-refractivity contribution in [2.75, 3.05) is 0 Å². The predicted octanol–water partition coefficient (Wildman–Crippen LogP) is 4.30. The molecule has 0 saturated heterocycles. The molecule has 2 heteroatoms. The zero-order valence-electron chi connectivity index (χ0n) is 10.7. The van der Waals surface area contributed by atoms with E-state index in [2.05, 4.69) is 43.3 Å². The Kier molecular flexibility index (Phi) is 3.82. The molecule has 2 nitrogen and oxygen atoms in total. The van der Waals surface area contributed by atoms with E-state index in [1.54, 1.807) is 0 Å². The molecule has 0 bridgehead atoms. The minimum atomic E-state index is 0.538. The lowest BCUT2D eigenvalue weighted by atomic mass is 9.82. The number of rotatable bonds is 2. The van der Waals surface area contributed by atoms with E-state index in [0.717, 1.165) is 25.0 Å². The van der Waals surface area contributed by atoms with Crippen molar-refractivity contribution in [2.45, 2.75) is 51.4 Å². The molecule has 0 spiro atoms. The van der Waals surface area contributed by atoms with Crippen LogP contribution in [0.2, 0.25) is 0 Å². The summed E-state index contributed by atoms with van der Waals surface area (Å²) < 4.78 is 0. The Hall–Kier alpha value is -1.31. The summed E-state index contributed by atoms with van der Waals surface area (Å²) in [6.07, 6.45) is 4.21. The molecular weight excluding hydrogens is 210 g/mol. The molecule has 1 aliphatic rings. The monoisotopic (exact) mass is 231 g/mol. The van der Waals surface area contributed by atoms with Gasteiger partial charge >= 0.3 is 0 Å². The third-order valence-electron chi connectivity index (χ3n) is 3.72. The standard InChI is InChI=1S/C15H21NO/c1-11(2)12-6-8-13(9-7-12)14-4-3-5-15(10-14)16-17/h6-9,11,14,17H,3-5,10H2,1-2H3/b16-15+. The van der Waals surface area contributed by atoms with Crippen LogP contribution in [0.5, 0.6) is 0 Å². The normalized spacial score (nSPS) is 23.2. The zero-order valence-corrected chi connectivity index (χ0v) is 10.7. The lowest BCUT2D eigenvalue weighted by molar-refractivity contribution is 0.313. The van der Waals surface area contributed by atoms with Gasteiger partial charge in [0.15, 0.2) is 0 Å². The van der Waals surface area contributed by atoms with Crippen LogP contribution in [0.1, 0.15) is 62.5 Å². The maximum Gasteiger partial charge on any atom is 0.0576 e. The Morgan fingerprint density at radius 3 is 2.53 bits per heavy atom. The molecule has 0 aromatic heterocycles. The molecule has 0 aliphatic heterocycles. The second-order valence-electron chi connectivity index (χ2n) is 5.28. The zero-order chi connectivity index (χ0) is 12.3. The van der Waals surface area contributed by atoms with Gasteiger partial charge in [0.1, 0.15) is 0 Å². The van der Waals surface area contributed by atoms with Gasteiger partial charge < -0.3 is 5.21 Å². The summed E-state index contributed by atoms with van der Waals surface area (Å²) in [5.41, 5.74) is 3.73. The molecule has 1 aromatic rings. The molecule has 17 heavy (non-hydrogen) atoms. The van der Waals surface area contributed by atoms with E-state index in [4.69, 9.17) is 5.21 Å². The van der Waals surface area contributed by atoms with Crippen LogP contribution in [0, 0.1) is 0 Å². The van der Waals surface area contributed by atoms with Gasteiger partial charge in [-0.15, -0.1) is 0 Å². The van der Waals surface area contributed by atoms with Crippen molar-refractivity contribution in [2.24, 2.45) is 5.16 Å². The highest BCUT2D eigenvalue weighted by atomic mass is 16.4. The molecule has 0 amide bonds. The van der Waals surface area contributed by atoms with Gasteiger partial charge in [0.25, 0.3) is 0 Å². The summed E-state index contributed by atoms with van der Waals surface area (Å²) in [5, 5.41) is 12.2. The van der Waals surface area contributed by atoms with E-state index in [0.29, 0.717) is 11.8 Å². The molecule has 1 aliphatic carbocycles. The third-order valence-corrected chi connectivity index (χ3v) is 3.72. The highest BCUT2D eigenvalue weighted by Crippen LogP contribution is 2.32. The summed E-state index contributed by atoms with van der Waals surface area (Å²) >= 11 is 0. The molecule has 1 N–H and O–H groups in total. The molecule has 1 fully saturated rings. The van der Waals surface area contributed by atoms with Gasteiger partial charge in [-0.1, -0.05) is 43.3 Å². The van der Waals surface area contributed by atoms with Gasteiger partial charge in [-0.25, -0.2) is 0 Å². The van der Waals surface area contributed by atoms with Crippen LogP contribution < -0.4 is 0 Å². The Morgan fingerprint density at radius 1 is 1.24 bits per heavy atom. The van der Waals surface area contributed by atoms with Gasteiger partial charge in [0.05, 0.1) is 5.71 Å². The molecule has 1 aromatic carbocycles. The molecule has 92 valence electrons. The van der Waals surface area contributed by atoms with Crippen LogP contribution in [-0.2, 0) is 0 Å². The minimum absolute atomic E-state index is 0.538. The summed E-state index contributed by atoms with van der Waals surface area (Å²) in [6.45, 7) is 4.43. The summed E-state index contributed by atoms with van der Waals surface area (Å²) in [5.74, 6) is 1.13. The van der Waals surface area contributed by atoms with Crippen molar-refractivity contribution >= 4 is 5.71 Å². The molecule has 2 rings (SSSR count). The summed E-state index contributed by atoms with van der Waals surface area (Å²) in [6, 6.07) is 8.93. The van der Waals surface area contributed by atoms with Gasteiger partial charge in [0, 0.05) is 0 Å². The van der Waals surface area contributed by atoms with Crippen molar-refractivity contribution < 1.29 is 5.21 Å². The molecule has 1 saturated carbocycles. The average Bonchev–Trinajstić information content (AvgIpc) is 2.39. The van der Waals surface area contributed by atoms with E-state index in [9.17, 15) is 0 Å². The van der Waals surface area contributed by atoms with Gasteiger partial charge in [0.2, 0.25) is 0 Å². The SMILES string of the molecule is CC(C)c1ccc(C2CCC/C(=N\O)C2)cc1. The predicted molar refractivity (Wildman–Crippen MR) is 71.0 cm³/mol. The third kappa shape index (κ3) is 2.87. The highest BCUT2D eigenvalue weighted by molar-refractivity contribution is 5.85. The van der Waals surface area contributed by atoms with Gasteiger partial charge in [-0.3, -0.25) is 0 Å². The Labute approximate surface area is 103 Å². The average molecular weight is 231 g/mol. The topological polar surface area (TPSA) is 32.6 Å². The van der Waals surface area contributed by atoms with Gasteiger partial charge in [-0.2, -0.15) is 0 Å². The van der Waals surface area contributed by atoms with Crippen LogP contribution >= 0.6 is 0 Å². The van der Waals surface area contributed by atoms with Crippen LogP contribution in [-0.4, -0.2) is 10.9 Å². The highest BCUT2D eigenvalue weighted by Gasteiger charge is 2.20. The van der Waals surface area contributed by atoms with Crippen LogP contribution in [0.4, 0.5) is 0 Å². The fourth-order valence-corrected chi connectivity index (χ4v) is 2.57. The first kappa shape index (κ1) is 12.2. The Balaban J connectivity index is 2.11. The molecular formula is C15H21NO. The largest absolute Gasteiger partial charge is 0.411 e. The van der Waals surface area contributed by atoms with Crippen molar-refractivity contribution in [3.05, 3.63) is 35.4 Å². The number of oxime groups is 1. The van der Waals surface area contributed by atoms with E-state index in [1.165, 1.54) is 17.5 Å². The van der Waals surface area contributed by atoms with E-state index in [-0.39, 0.29) is 0 Å². The van der Waals surface area contributed by atoms with E-state index < -0.39 is 0 Å². The van der Waals surface area contributed by atoms with Crippen LogP contribution in [0.3, 0.4) is 0 Å². The Morgan fingerprint density at radius 2 is 1.94 bits per heavy atom. The first-order valence-corrected chi connectivity index (χ1v) is 6.50.